The third-order valence-corrected chi connectivity index (χ3v) is 9.60. The van der Waals surface area contributed by atoms with Crippen LogP contribution in [0.5, 0.6) is 11.5 Å². The van der Waals surface area contributed by atoms with Gasteiger partial charge in [-0.05, 0) is 49.5 Å². The molecule has 4 aromatic rings. The molecule has 1 aliphatic heterocycles. The van der Waals surface area contributed by atoms with Gasteiger partial charge >= 0.3 is 0 Å². The molecule has 0 aliphatic carbocycles. The summed E-state index contributed by atoms with van der Waals surface area (Å²) in [5.74, 6) is 1.05. The normalized spacial score (nSPS) is 12.7. The molecule has 0 saturated carbocycles. The van der Waals surface area contributed by atoms with Crippen LogP contribution in [0.15, 0.2) is 71.6 Å². The maximum absolute atomic E-state index is 13.8. The molecule has 9 nitrogen and oxygen atoms in total. The minimum absolute atomic E-state index is 0.106. The van der Waals surface area contributed by atoms with Crippen LogP contribution in [-0.2, 0) is 10.0 Å². The summed E-state index contributed by atoms with van der Waals surface area (Å²) in [6.45, 7) is 7.18. The number of amides is 1. The zero-order valence-electron chi connectivity index (χ0n) is 22.0. The number of carbonyl (C=O) groups excluding carboxylic acids is 1. The Morgan fingerprint density at radius 2 is 1.62 bits per heavy atom. The molecule has 204 valence electrons. The second kappa shape index (κ2) is 11.2. The average Bonchev–Trinajstić information content (AvgIpc) is 3.59. The maximum atomic E-state index is 13.8. The van der Waals surface area contributed by atoms with Crippen molar-refractivity contribution in [2.45, 2.75) is 18.7 Å². The third kappa shape index (κ3) is 5.42. The average molecular weight is 567 g/mol. The fourth-order valence-electron chi connectivity index (χ4n) is 4.35. The fraction of sp³-hybridized carbons (Fsp3) is 0.286. The molecule has 5 rings (SSSR count). The Hall–Kier alpha value is -3.67. The number of thiazole rings is 1. The van der Waals surface area contributed by atoms with Crippen molar-refractivity contribution >= 4 is 48.3 Å². The lowest BCUT2D eigenvalue weighted by Crippen LogP contribution is -2.38. The van der Waals surface area contributed by atoms with E-state index in [0.29, 0.717) is 41.0 Å². The van der Waals surface area contributed by atoms with E-state index in [0.717, 1.165) is 23.3 Å². The maximum Gasteiger partial charge on any atom is 0.264 e. The molecule has 1 aromatic heterocycles. The smallest absolute Gasteiger partial charge is 0.264 e. The van der Waals surface area contributed by atoms with E-state index in [-0.39, 0.29) is 17.6 Å². The van der Waals surface area contributed by atoms with Gasteiger partial charge in [-0.3, -0.25) is 14.0 Å². The minimum Gasteiger partial charge on any atom is -0.454 e. The first-order valence-corrected chi connectivity index (χ1v) is 15.0. The Morgan fingerprint density at radius 3 is 2.28 bits per heavy atom. The lowest BCUT2D eigenvalue weighted by Gasteiger charge is -2.25. The van der Waals surface area contributed by atoms with Crippen LogP contribution < -0.4 is 18.7 Å². The van der Waals surface area contributed by atoms with Gasteiger partial charge in [-0.2, -0.15) is 0 Å². The molecule has 0 spiro atoms. The first kappa shape index (κ1) is 26.9. The van der Waals surface area contributed by atoms with E-state index in [2.05, 4.69) is 18.7 Å². The highest BCUT2D eigenvalue weighted by Crippen LogP contribution is 2.40. The van der Waals surface area contributed by atoms with Gasteiger partial charge < -0.3 is 14.4 Å². The highest BCUT2D eigenvalue weighted by Gasteiger charge is 2.26. The molecule has 0 radical (unpaired) electrons. The van der Waals surface area contributed by atoms with Crippen LogP contribution in [0.3, 0.4) is 0 Å². The SMILES string of the molecule is CCN(CC)CCN(C(=O)c1ccc(S(=O)(=O)N(C)c2ccccc2)cc1)c1nc2cc3c(cc2s1)OCO3. The molecule has 11 heteroatoms. The van der Waals surface area contributed by atoms with Crippen LogP contribution >= 0.6 is 11.3 Å². The Kier molecular flexibility index (Phi) is 7.74. The van der Waals surface area contributed by atoms with Crippen molar-refractivity contribution < 1.29 is 22.7 Å². The molecule has 1 amide bonds. The monoisotopic (exact) mass is 566 g/mol. The third-order valence-electron chi connectivity index (χ3n) is 6.76. The van der Waals surface area contributed by atoms with Gasteiger partial charge in [-0.1, -0.05) is 43.4 Å². The van der Waals surface area contributed by atoms with E-state index in [4.69, 9.17) is 14.5 Å². The zero-order valence-corrected chi connectivity index (χ0v) is 23.7. The van der Waals surface area contributed by atoms with Gasteiger partial charge in [0.2, 0.25) is 6.79 Å². The van der Waals surface area contributed by atoms with Gasteiger partial charge in [0.05, 0.1) is 20.8 Å². The number of aromatic nitrogens is 1. The first-order chi connectivity index (χ1) is 18.8. The first-order valence-electron chi connectivity index (χ1n) is 12.7. The zero-order chi connectivity index (χ0) is 27.6. The van der Waals surface area contributed by atoms with Gasteiger partial charge in [-0.15, -0.1) is 0 Å². The predicted molar refractivity (Wildman–Crippen MR) is 154 cm³/mol. The highest BCUT2D eigenvalue weighted by molar-refractivity contribution is 7.92. The second-order valence-corrected chi connectivity index (χ2v) is 12.0. The van der Waals surface area contributed by atoms with E-state index in [9.17, 15) is 13.2 Å². The number of sulfonamides is 1. The molecule has 0 saturated heterocycles. The Balaban J connectivity index is 1.44. The highest BCUT2D eigenvalue weighted by atomic mass is 32.2. The summed E-state index contributed by atoms with van der Waals surface area (Å²) in [5, 5.41) is 0.561. The number of para-hydroxylation sites is 1. The van der Waals surface area contributed by atoms with E-state index in [1.54, 1.807) is 41.3 Å². The standard InChI is InChI=1S/C28H30N4O5S2/c1-4-31(5-2)15-16-32(28-29-23-17-24-25(37-19-36-24)18-26(23)38-28)27(33)20-11-13-22(14-12-20)39(34,35)30(3)21-9-7-6-8-10-21/h6-14,17-18H,4-5,15-16,19H2,1-3H3. The van der Waals surface area contributed by atoms with Crippen molar-refractivity contribution in [2.75, 3.05) is 49.2 Å². The number of likely N-dealkylation sites (N-methyl/N-ethyl adjacent to an activating group) is 1. The molecule has 39 heavy (non-hydrogen) atoms. The van der Waals surface area contributed by atoms with E-state index < -0.39 is 10.0 Å². The van der Waals surface area contributed by atoms with E-state index in [1.165, 1.54) is 34.8 Å². The summed E-state index contributed by atoms with van der Waals surface area (Å²) in [6, 6.07) is 18.6. The number of benzene rings is 3. The lowest BCUT2D eigenvalue weighted by molar-refractivity contribution is 0.0983. The number of rotatable bonds is 10. The van der Waals surface area contributed by atoms with Crippen molar-refractivity contribution in [1.29, 1.82) is 0 Å². The van der Waals surface area contributed by atoms with Crippen molar-refractivity contribution in [3.63, 3.8) is 0 Å². The van der Waals surface area contributed by atoms with Gasteiger partial charge in [0.15, 0.2) is 16.6 Å². The molecule has 0 fully saturated rings. The van der Waals surface area contributed by atoms with Crippen LogP contribution in [0.1, 0.15) is 24.2 Å². The topological polar surface area (TPSA) is 92.3 Å². The van der Waals surface area contributed by atoms with Crippen LogP contribution in [0.2, 0.25) is 0 Å². The minimum atomic E-state index is -3.79. The van der Waals surface area contributed by atoms with Gasteiger partial charge in [0.25, 0.3) is 15.9 Å². The van der Waals surface area contributed by atoms with Crippen LogP contribution in [0.4, 0.5) is 10.8 Å². The summed E-state index contributed by atoms with van der Waals surface area (Å²) in [7, 11) is -2.28. The molecule has 0 unspecified atom stereocenters. The summed E-state index contributed by atoms with van der Waals surface area (Å²) in [4.78, 5) is 22.5. The van der Waals surface area contributed by atoms with Gasteiger partial charge in [0, 0.05) is 37.8 Å². The van der Waals surface area contributed by atoms with Crippen LogP contribution in [0, 0.1) is 0 Å². The van der Waals surface area contributed by atoms with Crippen molar-refractivity contribution in [3.05, 3.63) is 72.3 Å². The molecule has 1 aliphatic rings. The molecule has 2 heterocycles. The number of fused-ring (bicyclic) bond motifs is 2. The molecular weight excluding hydrogens is 536 g/mol. The summed E-state index contributed by atoms with van der Waals surface area (Å²) in [6.07, 6.45) is 0. The Morgan fingerprint density at radius 1 is 0.949 bits per heavy atom. The van der Waals surface area contributed by atoms with Gasteiger partial charge in [-0.25, -0.2) is 13.4 Å². The largest absolute Gasteiger partial charge is 0.454 e. The number of hydrogen-bond donors (Lipinski definition) is 0. The lowest BCUT2D eigenvalue weighted by atomic mass is 10.2. The predicted octanol–water partition coefficient (Wildman–Crippen LogP) is 4.84. The quantitative estimate of drug-likeness (QED) is 0.271. The number of anilines is 2. The summed E-state index contributed by atoms with van der Waals surface area (Å²) < 4.78 is 39.5. The Labute approximate surface area is 232 Å². The number of ether oxygens (including phenoxy) is 2. The summed E-state index contributed by atoms with van der Waals surface area (Å²) in [5.41, 5.74) is 1.66. The van der Waals surface area contributed by atoms with Crippen molar-refractivity contribution in [2.24, 2.45) is 0 Å². The number of carbonyl (C=O) groups is 1. The molecule has 0 N–H and O–H groups in total. The fourth-order valence-corrected chi connectivity index (χ4v) is 6.54. The Bertz CT molecular complexity index is 1530. The second-order valence-electron chi connectivity index (χ2n) is 8.99. The van der Waals surface area contributed by atoms with Crippen LogP contribution in [0.25, 0.3) is 10.2 Å². The van der Waals surface area contributed by atoms with Crippen molar-refractivity contribution in [3.8, 4) is 11.5 Å². The molecule has 3 aromatic carbocycles. The summed E-state index contributed by atoms with van der Waals surface area (Å²) >= 11 is 1.41. The van der Waals surface area contributed by atoms with Crippen LogP contribution in [-0.4, -0.2) is 64.2 Å². The van der Waals surface area contributed by atoms with E-state index in [1.807, 2.05) is 18.2 Å². The molecular formula is C28H30N4O5S2. The molecule has 0 bridgehead atoms. The van der Waals surface area contributed by atoms with Gasteiger partial charge in [0.1, 0.15) is 0 Å². The van der Waals surface area contributed by atoms with E-state index >= 15 is 0 Å². The number of nitrogens with zero attached hydrogens (tertiary/aromatic N) is 4. The molecule has 0 atom stereocenters. The van der Waals surface area contributed by atoms with Crippen molar-refractivity contribution in [1.82, 2.24) is 9.88 Å². The number of hydrogen-bond acceptors (Lipinski definition) is 8.